The molecule has 1 atom stereocenters. The number of benzene rings is 1. The number of oxazole rings is 1. The van der Waals surface area contributed by atoms with Crippen molar-refractivity contribution in [2.45, 2.75) is 19.0 Å². The highest BCUT2D eigenvalue weighted by atomic mass is 16.3. The fourth-order valence-electron chi connectivity index (χ4n) is 3.38. The van der Waals surface area contributed by atoms with Crippen molar-refractivity contribution in [3.63, 3.8) is 0 Å². The van der Waals surface area contributed by atoms with Gasteiger partial charge in [0.2, 0.25) is 5.89 Å². The molecule has 8 heteroatoms. The fraction of sp³-hybridized carbons (Fsp3) is 0.300. The van der Waals surface area contributed by atoms with Crippen molar-refractivity contribution >= 4 is 11.7 Å². The van der Waals surface area contributed by atoms with E-state index in [2.05, 4.69) is 19.9 Å². The van der Waals surface area contributed by atoms with Gasteiger partial charge in [-0.1, -0.05) is 18.2 Å². The molecule has 1 fully saturated rings. The standard InChI is InChI=1S/C20H22N6O2/c1-25(12-18-22-9-7-17(21)24-18)15-8-10-26(11-15)20(27)16-13-28-19(23-16)14-5-3-2-4-6-14/h2-7,9,13,15H,8,10-12H2,1H3,(H2,21,22,24)/t15-/m0/s1. The maximum atomic E-state index is 12.8. The number of nitrogen functional groups attached to an aromatic ring is 1. The van der Waals surface area contributed by atoms with E-state index in [-0.39, 0.29) is 11.9 Å². The molecule has 1 aliphatic rings. The van der Waals surface area contributed by atoms with Crippen LogP contribution in [0, 0.1) is 0 Å². The predicted molar refractivity (Wildman–Crippen MR) is 104 cm³/mol. The van der Waals surface area contributed by atoms with Gasteiger partial charge in [0.25, 0.3) is 5.91 Å². The van der Waals surface area contributed by atoms with Gasteiger partial charge in [-0.2, -0.15) is 0 Å². The summed E-state index contributed by atoms with van der Waals surface area (Å²) >= 11 is 0. The summed E-state index contributed by atoms with van der Waals surface area (Å²) in [5, 5.41) is 0. The summed E-state index contributed by atoms with van der Waals surface area (Å²) in [6, 6.07) is 11.4. The van der Waals surface area contributed by atoms with Crippen molar-refractivity contribution in [1.82, 2.24) is 24.8 Å². The lowest BCUT2D eigenvalue weighted by molar-refractivity contribution is 0.0773. The topological polar surface area (TPSA) is 101 Å². The number of likely N-dealkylation sites (tertiary alicyclic amines) is 1. The van der Waals surface area contributed by atoms with Crippen molar-refractivity contribution in [2.75, 3.05) is 25.9 Å². The van der Waals surface area contributed by atoms with Crippen LogP contribution in [-0.2, 0) is 6.54 Å². The van der Waals surface area contributed by atoms with Crippen molar-refractivity contribution in [1.29, 1.82) is 0 Å². The highest BCUT2D eigenvalue weighted by Gasteiger charge is 2.31. The van der Waals surface area contributed by atoms with Gasteiger partial charge in [-0.25, -0.2) is 15.0 Å². The quantitative estimate of drug-likeness (QED) is 0.725. The van der Waals surface area contributed by atoms with E-state index in [1.165, 1.54) is 6.26 Å². The van der Waals surface area contributed by atoms with E-state index in [0.29, 0.717) is 42.9 Å². The van der Waals surface area contributed by atoms with Crippen LogP contribution in [0.3, 0.4) is 0 Å². The predicted octanol–water partition coefficient (Wildman–Crippen LogP) is 2.06. The highest BCUT2D eigenvalue weighted by molar-refractivity contribution is 5.92. The first-order chi connectivity index (χ1) is 13.6. The number of hydrogen-bond donors (Lipinski definition) is 1. The average Bonchev–Trinajstić information content (AvgIpc) is 3.38. The van der Waals surface area contributed by atoms with Crippen LogP contribution in [0.1, 0.15) is 22.7 Å². The Bertz CT molecular complexity index is 958. The van der Waals surface area contributed by atoms with Crippen LogP contribution in [0.25, 0.3) is 11.5 Å². The average molecular weight is 378 g/mol. The summed E-state index contributed by atoms with van der Waals surface area (Å²) in [5.74, 6) is 1.48. The third-order valence-electron chi connectivity index (χ3n) is 4.94. The Morgan fingerprint density at radius 1 is 1.29 bits per heavy atom. The number of rotatable bonds is 5. The second-order valence-corrected chi connectivity index (χ2v) is 6.91. The SMILES string of the molecule is CN(Cc1nccc(N)n1)[C@H]1CCN(C(=O)c2coc(-c3ccccc3)n2)C1. The smallest absolute Gasteiger partial charge is 0.275 e. The Morgan fingerprint density at radius 2 is 2.11 bits per heavy atom. The van der Waals surface area contributed by atoms with Crippen molar-refractivity contribution < 1.29 is 9.21 Å². The Labute approximate surface area is 163 Å². The Hall–Kier alpha value is -3.26. The van der Waals surface area contributed by atoms with Crippen LogP contribution < -0.4 is 5.73 Å². The van der Waals surface area contributed by atoms with Gasteiger partial charge in [-0.15, -0.1) is 0 Å². The maximum absolute atomic E-state index is 12.8. The van der Waals surface area contributed by atoms with Crippen molar-refractivity contribution in [3.05, 3.63) is 60.4 Å². The molecule has 3 aromatic rings. The Balaban J connectivity index is 1.38. The zero-order chi connectivity index (χ0) is 19.5. The number of carbonyl (C=O) groups is 1. The van der Waals surface area contributed by atoms with E-state index in [9.17, 15) is 4.79 Å². The monoisotopic (exact) mass is 378 g/mol. The highest BCUT2D eigenvalue weighted by Crippen LogP contribution is 2.21. The maximum Gasteiger partial charge on any atom is 0.275 e. The van der Waals surface area contributed by atoms with Gasteiger partial charge in [0.05, 0.1) is 6.54 Å². The lowest BCUT2D eigenvalue weighted by atomic mass is 10.2. The summed E-state index contributed by atoms with van der Waals surface area (Å²) < 4.78 is 5.50. The van der Waals surface area contributed by atoms with Crippen molar-refractivity contribution in [3.8, 4) is 11.5 Å². The van der Waals surface area contributed by atoms with Gasteiger partial charge >= 0.3 is 0 Å². The van der Waals surface area contributed by atoms with E-state index in [4.69, 9.17) is 10.2 Å². The minimum absolute atomic E-state index is 0.109. The van der Waals surface area contributed by atoms with Gasteiger partial charge in [0.1, 0.15) is 17.9 Å². The van der Waals surface area contributed by atoms with Gasteiger partial charge in [-0.05, 0) is 31.7 Å². The molecular weight excluding hydrogens is 356 g/mol. The van der Waals surface area contributed by atoms with E-state index in [1.54, 1.807) is 12.3 Å². The zero-order valence-corrected chi connectivity index (χ0v) is 15.7. The molecule has 0 bridgehead atoms. The first-order valence-electron chi connectivity index (χ1n) is 9.18. The van der Waals surface area contributed by atoms with E-state index < -0.39 is 0 Å². The molecule has 3 heterocycles. The number of amides is 1. The minimum atomic E-state index is -0.109. The van der Waals surface area contributed by atoms with Crippen LogP contribution in [0.2, 0.25) is 0 Å². The Kier molecular flexibility index (Phi) is 5.03. The molecular formula is C20H22N6O2. The van der Waals surface area contributed by atoms with Crippen LogP contribution >= 0.6 is 0 Å². The molecule has 2 N–H and O–H groups in total. The molecule has 2 aromatic heterocycles. The molecule has 1 amide bonds. The lowest BCUT2D eigenvalue weighted by Crippen LogP contribution is -2.36. The third kappa shape index (κ3) is 3.86. The third-order valence-corrected chi connectivity index (χ3v) is 4.94. The molecule has 1 aromatic carbocycles. The molecule has 0 radical (unpaired) electrons. The van der Waals surface area contributed by atoms with E-state index in [1.807, 2.05) is 42.3 Å². The largest absolute Gasteiger partial charge is 0.444 e. The molecule has 0 saturated carbocycles. The minimum Gasteiger partial charge on any atom is -0.444 e. The number of likely N-dealkylation sites (N-methyl/N-ethyl adjacent to an activating group) is 1. The van der Waals surface area contributed by atoms with Crippen LogP contribution in [0.15, 0.2) is 53.3 Å². The summed E-state index contributed by atoms with van der Waals surface area (Å²) in [7, 11) is 2.01. The first kappa shape index (κ1) is 18.1. The first-order valence-corrected chi connectivity index (χ1v) is 9.18. The molecule has 1 saturated heterocycles. The number of hydrogen-bond acceptors (Lipinski definition) is 7. The molecule has 28 heavy (non-hydrogen) atoms. The molecule has 0 aliphatic carbocycles. The van der Waals surface area contributed by atoms with Crippen LogP contribution in [0.4, 0.5) is 5.82 Å². The number of nitrogens with zero attached hydrogens (tertiary/aromatic N) is 5. The summed E-state index contributed by atoms with van der Waals surface area (Å²) in [6.07, 6.45) is 3.97. The number of carbonyl (C=O) groups excluding carboxylic acids is 1. The molecule has 144 valence electrons. The molecule has 1 aliphatic heterocycles. The van der Waals surface area contributed by atoms with Gasteiger partial charge in [0.15, 0.2) is 5.69 Å². The van der Waals surface area contributed by atoms with E-state index in [0.717, 1.165) is 12.0 Å². The second kappa shape index (κ2) is 7.77. The number of anilines is 1. The van der Waals surface area contributed by atoms with Gasteiger partial charge in [0, 0.05) is 30.9 Å². The van der Waals surface area contributed by atoms with Gasteiger partial charge in [-0.3, -0.25) is 9.69 Å². The molecule has 8 nitrogen and oxygen atoms in total. The molecule has 4 rings (SSSR count). The number of nitrogens with two attached hydrogens (primary N) is 1. The van der Waals surface area contributed by atoms with Crippen LogP contribution in [-0.4, -0.2) is 56.8 Å². The normalized spacial score (nSPS) is 16.6. The zero-order valence-electron chi connectivity index (χ0n) is 15.7. The number of aromatic nitrogens is 3. The summed E-state index contributed by atoms with van der Waals surface area (Å²) in [6.45, 7) is 1.89. The summed E-state index contributed by atoms with van der Waals surface area (Å²) in [4.78, 5) is 29.6. The van der Waals surface area contributed by atoms with E-state index >= 15 is 0 Å². The lowest BCUT2D eigenvalue weighted by Gasteiger charge is -2.23. The van der Waals surface area contributed by atoms with Gasteiger partial charge < -0.3 is 15.1 Å². The fourth-order valence-corrected chi connectivity index (χ4v) is 3.38. The van der Waals surface area contributed by atoms with Crippen molar-refractivity contribution in [2.24, 2.45) is 0 Å². The Morgan fingerprint density at radius 3 is 2.89 bits per heavy atom. The second-order valence-electron chi connectivity index (χ2n) is 6.91. The molecule has 0 unspecified atom stereocenters. The summed E-state index contributed by atoms with van der Waals surface area (Å²) in [5.41, 5.74) is 6.90. The molecule has 0 spiro atoms. The van der Waals surface area contributed by atoms with Crippen LogP contribution in [0.5, 0.6) is 0 Å².